The minimum Gasteiger partial charge on any atom is -0.309 e. The second-order valence-corrected chi connectivity index (χ2v) is 7.18. The summed E-state index contributed by atoms with van der Waals surface area (Å²) in [5.41, 5.74) is 3.08. The van der Waals surface area contributed by atoms with E-state index >= 15 is 0 Å². The molecule has 0 bridgehead atoms. The van der Waals surface area contributed by atoms with Crippen molar-refractivity contribution in [3.05, 3.63) is 78.4 Å². The quantitative estimate of drug-likeness (QED) is 0.568. The molecule has 5 rings (SSSR count). The maximum atomic E-state index is 13.2. The minimum atomic E-state index is -0.249. The molecule has 0 saturated heterocycles. The van der Waals surface area contributed by atoms with Gasteiger partial charge in [-0.1, -0.05) is 12.1 Å². The SMILES string of the molecule is Fc1ccc(-c2nnc3n2C[C@H](NCc2ccc(-n4cncn4)cc2)CC3)cc1. The number of rotatable bonds is 5. The number of fused-ring (bicyclic) bond motifs is 1. The normalized spacial score (nSPS) is 16.0. The third-order valence-electron chi connectivity index (χ3n) is 5.26. The Morgan fingerprint density at radius 3 is 2.62 bits per heavy atom. The van der Waals surface area contributed by atoms with E-state index in [1.54, 1.807) is 23.1 Å². The van der Waals surface area contributed by atoms with Gasteiger partial charge in [0.15, 0.2) is 5.82 Å². The molecule has 7 nitrogen and oxygen atoms in total. The molecule has 0 unspecified atom stereocenters. The third kappa shape index (κ3) is 3.66. The summed E-state index contributed by atoms with van der Waals surface area (Å²) >= 11 is 0. The van der Waals surface area contributed by atoms with Gasteiger partial charge in [0, 0.05) is 31.1 Å². The van der Waals surface area contributed by atoms with E-state index in [1.165, 1.54) is 24.0 Å². The Balaban J connectivity index is 1.25. The van der Waals surface area contributed by atoms with E-state index in [2.05, 4.69) is 42.3 Å². The highest BCUT2D eigenvalue weighted by Gasteiger charge is 2.23. The molecule has 0 amide bonds. The fourth-order valence-corrected chi connectivity index (χ4v) is 3.68. The molecule has 29 heavy (non-hydrogen) atoms. The van der Waals surface area contributed by atoms with E-state index in [0.29, 0.717) is 6.04 Å². The zero-order valence-electron chi connectivity index (χ0n) is 15.7. The Morgan fingerprint density at radius 2 is 1.86 bits per heavy atom. The van der Waals surface area contributed by atoms with Crippen molar-refractivity contribution >= 4 is 0 Å². The highest BCUT2D eigenvalue weighted by Crippen LogP contribution is 2.23. The highest BCUT2D eigenvalue weighted by molar-refractivity contribution is 5.55. The summed E-state index contributed by atoms with van der Waals surface area (Å²) in [6.07, 6.45) is 5.10. The minimum absolute atomic E-state index is 0.249. The average Bonchev–Trinajstić information content (AvgIpc) is 3.43. The lowest BCUT2D eigenvalue weighted by Gasteiger charge is -2.25. The number of halogens is 1. The lowest BCUT2D eigenvalue weighted by molar-refractivity contribution is 0.381. The van der Waals surface area contributed by atoms with Gasteiger partial charge in [-0.05, 0) is 48.4 Å². The van der Waals surface area contributed by atoms with Crippen LogP contribution in [0.5, 0.6) is 0 Å². The first-order chi connectivity index (χ1) is 14.3. The van der Waals surface area contributed by atoms with Crippen molar-refractivity contribution < 1.29 is 4.39 Å². The first-order valence-electron chi connectivity index (χ1n) is 9.61. The molecule has 0 radical (unpaired) electrons. The van der Waals surface area contributed by atoms with Gasteiger partial charge in [-0.15, -0.1) is 10.2 Å². The molecule has 146 valence electrons. The van der Waals surface area contributed by atoms with Crippen LogP contribution < -0.4 is 5.32 Å². The van der Waals surface area contributed by atoms with Crippen molar-refractivity contribution in [2.75, 3.05) is 0 Å². The molecular weight excluding hydrogens is 369 g/mol. The molecule has 0 spiro atoms. The van der Waals surface area contributed by atoms with Crippen molar-refractivity contribution in [3.63, 3.8) is 0 Å². The lowest BCUT2D eigenvalue weighted by atomic mass is 10.1. The van der Waals surface area contributed by atoms with Crippen molar-refractivity contribution in [2.45, 2.75) is 32.0 Å². The molecule has 0 aliphatic carbocycles. The molecule has 0 fully saturated rings. The molecule has 1 aliphatic heterocycles. The van der Waals surface area contributed by atoms with Crippen LogP contribution in [-0.2, 0) is 19.5 Å². The van der Waals surface area contributed by atoms with Gasteiger partial charge >= 0.3 is 0 Å². The van der Waals surface area contributed by atoms with Crippen LogP contribution in [0.15, 0.2) is 61.2 Å². The molecule has 1 aliphatic rings. The fraction of sp³-hybridized carbons (Fsp3) is 0.238. The van der Waals surface area contributed by atoms with Gasteiger partial charge in [0.25, 0.3) is 0 Å². The Labute approximate surface area is 167 Å². The maximum Gasteiger partial charge on any atom is 0.164 e. The molecule has 8 heteroatoms. The lowest BCUT2D eigenvalue weighted by Crippen LogP contribution is -2.37. The van der Waals surface area contributed by atoms with E-state index in [-0.39, 0.29) is 5.82 Å². The first kappa shape index (κ1) is 17.7. The van der Waals surface area contributed by atoms with E-state index in [9.17, 15) is 4.39 Å². The average molecular weight is 389 g/mol. The number of aryl methyl sites for hydroxylation is 1. The van der Waals surface area contributed by atoms with Crippen molar-refractivity contribution in [1.29, 1.82) is 0 Å². The molecule has 2 aromatic heterocycles. The second-order valence-electron chi connectivity index (χ2n) is 7.18. The van der Waals surface area contributed by atoms with E-state index < -0.39 is 0 Å². The van der Waals surface area contributed by atoms with Crippen LogP contribution in [0.1, 0.15) is 17.8 Å². The van der Waals surface area contributed by atoms with Crippen molar-refractivity contribution in [3.8, 4) is 17.1 Å². The number of benzene rings is 2. The van der Waals surface area contributed by atoms with Crippen LogP contribution in [0, 0.1) is 5.82 Å². The molecule has 3 heterocycles. The Morgan fingerprint density at radius 1 is 1.03 bits per heavy atom. The van der Waals surface area contributed by atoms with Crippen molar-refractivity contribution in [2.24, 2.45) is 0 Å². The molecule has 0 saturated carbocycles. The van der Waals surface area contributed by atoms with Crippen LogP contribution in [-0.4, -0.2) is 35.6 Å². The number of nitrogens with zero attached hydrogens (tertiary/aromatic N) is 6. The van der Waals surface area contributed by atoms with Crippen LogP contribution in [0.4, 0.5) is 4.39 Å². The van der Waals surface area contributed by atoms with Gasteiger partial charge in [-0.2, -0.15) is 5.10 Å². The smallest absolute Gasteiger partial charge is 0.164 e. The van der Waals surface area contributed by atoms with Gasteiger partial charge in [-0.25, -0.2) is 14.1 Å². The van der Waals surface area contributed by atoms with Gasteiger partial charge in [0.05, 0.1) is 5.69 Å². The summed E-state index contributed by atoms with van der Waals surface area (Å²) in [6.45, 7) is 1.58. The summed E-state index contributed by atoms with van der Waals surface area (Å²) in [5, 5.41) is 16.4. The van der Waals surface area contributed by atoms with Crippen molar-refractivity contribution in [1.82, 2.24) is 34.8 Å². The van der Waals surface area contributed by atoms with Gasteiger partial charge in [0.2, 0.25) is 0 Å². The predicted octanol–water partition coefficient (Wildman–Crippen LogP) is 2.77. The highest BCUT2D eigenvalue weighted by atomic mass is 19.1. The maximum absolute atomic E-state index is 13.2. The molecule has 1 N–H and O–H groups in total. The van der Waals surface area contributed by atoms with Gasteiger partial charge in [-0.3, -0.25) is 0 Å². The fourth-order valence-electron chi connectivity index (χ4n) is 3.68. The Kier molecular flexibility index (Phi) is 4.61. The van der Waals surface area contributed by atoms with Crippen LogP contribution in [0.25, 0.3) is 17.1 Å². The summed E-state index contributed by atoms with van der Waals surface area (Å²) in [7, 11) is 0. The summed E-state index contributed by atoms with van der Waals surface area (Å²) in [6, 6.07) is 15.0. The number of aromatic nitrogens is 6. The number of hydrogen-bond donors (Lipinski definition) is 1. The Hall–Kier alpha value is -3.39. The standard InChI is InChI=1S/C21H20FN7/c22-17-5-3-16(4-6-17)21-27-26-20-10-7-18(12-28(20)21)24-11-15-1-8-19(9-2-15)29-14-23-13-25-29/h1-6,8-9,13-14,18,24H,7,10-12H2/t18-/m1/s1. The Bertz CT molecular complexity index is 1090. The summed E-state index contributed by atoms with van der Waals surface area (Å²) < 4.78 is 17.1. The number of nitrogens with one attached hydrogen (secondary N) is 1. The third-order valence-corrected chi connectivity index (χ3v) is 5.26. The second kappa shape index (κ2) is 7.56. The zero-order valence-corrected chi connectivity index (χ0v) is 15.7. The molecule has 1 atom stereocenters. The van der Waals surface area contributed by atoms with Gasteiger partial charge in [0.1, 0.15) is 24.3 Å². The summed E-state index contributed by atoms with van der Waals surface area (Å²) in [5.74, 6) is 1.53. The predicted molar refractivity (Wildman–Crippen MR) is 106 cm³/mol. The largest absolute Gasteiger partial charge is 0.309 e. The monoisotopic (exact) mass is 389 g/mol. The molecular formula is C21H20FN7. The molecule has 4 aromatic rings. The first-order valence-corrected chi connectivity index (χ1v) is 9.61. The van der Waals surface area contributed by atoms with E-state index in [4.69, 9.17) is 0 Å². The topological polar surface area (TPSA) is 73.5 Å². The summed E-state index contributed by atoms with van der Waals surface area (Å²) in [4.78, 5) is 3.97. The van der Waals surface area contributed by atoms with Crippen LogP contribution in [0.2, 0.25) is 0 Å². The van der Waals surface area contributed by atoms with E-state index in [0.717, 1.165) is 48.8 Å². The van der Waals surface area contributed by atoms with Crippen LogP contribution >= 0.6 is 0 Å². The van der Waals surface area contributed by atoms with E-state index in [1.807, 2.05) is 12.1 Å². The molecule has 2 aromatic carbocycles. The number of hydrogen-bond acceptors (Lipinski definition) is 5. The van der Waals surface area contributed by atoms with Crippen LogP contribution in [0.3, 0.4) is 0 Å². The zero-order chi connectivity index (χ0) is 19.6. The van der Waals surface area contributed by atoms with Gasteiger partial charge < -0.3 is 9.88 Å².